The first-order chi connectivity index (χ1) is 10.1. The summed E-state index contributed by atoms with van der Waals surface area (Å²) in [4.78, 5) is 11.8. The molecule has 0 amide bonds. The zero-order valence-electron chi connectivity index (χ0n) is 11.7. The summed E-state index contributed by atoms with van der Waals surface area (Å²) in [5, 5.41) is -5.12. The van der Waals surface area contributed by atoms with E-state index in [9.17, 15) is 31.1 Å². The number of esters is 1. The molecule has 2 aliphatic rings. The minimum Gasteiger partial charge on any atom is -0.768 e. The summed E-state index contributed by atoms with van der Waals surface area (Å²) >= 11 is -4.20. The Hall–Kier alpha value is -0.700. The Morgan fingerprint density at radius 3 is 2.41 bits per heavy atom. The SMILES string of the molecule is O=C(OCCCC(F)(F)C(F)(F)S(=O)[O-])C1CC2CCC1C2. The molecule has 2 fully saturated rings. The fourth-order valence-electron chi connectivity index (χ4n) is 3.37. The molecule has 4 atom stereocenters. The normalized spacial score (nSPS) is 29.6. The van der Waals surface area contributed by atoms with Gasteiger partial charge in [-0.2, -0.15) is 17.6 Å². The second kappa shape index (κ2) is 6.43. The Morgan fingerprint density at radius 1 is 1.23 bits per heavy atom. The molecule has 0 aliphatic heterocycles. The van der Waals surface area contributed by atoms with E-state index in [2.05, 4.69) is 0 Å². The maximum absolute atomic E-state index is 13.1. The zero-order chi connectivity index (χ0) is 16.5. The maximum atomic E-state index is 13.1. The van der Waals surface area contributed by atoms with Crippen LogP contribution in [0.1, 0.15) is 38.5 Å². The van der Waals surface area contributed by atoms with Crippen molar-refractivity contribution < 1.29 is 35.9 Å². The lowest BCUT2D eigenvalue weighted by atomic mass is 9.89. The van der Waals surface area contributed by atoms with Crippen LogP contribution in [0.4, 0.5) is 17.6 Å². The number of ether oxygens (including phenoxy) is 1. The van der Waals surface area contributed by atoms with Crippen LogP contribution in [-0.2, 0) is 20.6 Å². The highest BCUT2D eigenvalue weighted by Gasteiger charge is 2.57. The molecule has 0 N–H and O–H groups in total. The summed E-state index contributed by atoms with van der Waals surface area (Å²) in [5.41, 5.74) is 0. The summed E-state index contributed by atoms with van der Waals surface area (Å²) in [6.45, 7) is -0.413. The molecule has 0 aromatic heterocycles. The van der Waals surface area contributed by atoms with Crippen LogP contribution < -0.4 is 0 Å². The van der Waals surface area contributed by atoms with Crippen molar-refractivity contribution in [1.82, 2.24) is 0 Å². The van der Waals surface area contributed by atoms with Crippen molar-refractivity contribution in [3.8, 4) is 0 Å². The van der Waals surface area contributed by atoms with E-state index >= 15 is 0 Å². The second-order valence-corrected chi connectivity index (χ2v) is 6.99. The van der Waals surface area contributed by atoms with Crippen molar-refractivity contribution in [2.75, 3.05) is 6.61 Å². The summed E-state index contributed by atoms with van der Waals surface area (Å²) < 4.78 is 77.0. The molecule has 4 nitrogen and oxygen atoms in total. The molecule has 128 valence electrons. The maximum Gasteiger partial charge on any atom is 0.371 e. The first kappa shape index (κ1) is 17.7. The summed E-state index contributed by atoms with van der Waals surface area (Å²) in [6.07, 6.45) is 1.91. The van der Waals surface area contributed by atoms with Gasteiger partial charge < -0.3 is 9.29 Å². The van der Waals surface area contributed by atoms with E-state index in [1.54, 1.807) is 0 Å². The molecule has 0 aromatic rings. The van der Waals surface area contributed by atoms with Gasteiger partial charge in [-0.3, -0.25) is 9.00 Å². The van der Waals surface area contributed by atoms with Crippen molar-refractivity contribution >= 4 is 17.0 Å². The fraction of sp³-hybridized carbons (Fsp3) is 0.923. The molecule has 2 saturated carbocycles. The molecule has 2 aliphatic carbocycles. The van der Waals surface area contributed by atoms with Crippen LogP contribution in [0.2, 0.25) is 0 Å². The topological polar surface area (TPSA) is 66.4 Å². The molecule has 0 aromatic carbocycles. The number of carbonyl (C=O) groups is 1. The zero-order valence-corrected chi connectivity index (χ0v) is 12.6. The predicted octanol–water partition coefficient (Wildman–Crippen LogP) is 2.85. The highest BCUT2D eigenvalue weighted by atomic mass is 32.2. The molecule has 2 bridgehead atoms. The highest BCUT2D eigenvalue weighted by Crippen LogP contribution is 2.48. The molecule has 0 heterocycles. The molecular weight excluding hydrogens is 328 g/mol. The van der Waals surface area contributed by atoms with Gasteiger partial charge in [-0.15, -0.1) is 0 Å². The van der Waals surface area contributed by atoms with Gasteiger partial charge in [0.1, 0.15) is 0 Å². The number of hydrogen-bond acceptors (Lipinski definition) is 4. The quantitative estimate of drug-likeness (QED) is 0.308. The summed E-state index contributed by atoms with van der Waals surface area (Å²) in [5.74, 6) is -4.55. The lowest BCUT2D eigenvalue weighted by Gasteiger charge is -2.28. The largest absolute Gasteiger partial charge is 0.768 e. The number of halogens is 4. The van der Waals surface area contributed by atoms with Crippen LogP contribution in [0, 0.1) is 17.8 Å². The van der Waals surface area contributed by atoms with Crippen molar-refractivity contribution in [3.63, 3.8) is 0 Å². The Balaban J connectivity index is 1.73. The second-order valence-electron chi connectivity index (χ2n) is 6.01. The van der Waals surface area contributed by atoms with E-state index in [0.717, 1.165) is 25.7 Å². The molecule has 0 spiro atoms. The Bertz CT molecular complexity index is 457. The standard InChI is InChI=1S/C13H18F4O4S/c14-12(15,13(16,17)22(19)20)4-1-5-21-11(18)10-7-8-2-3-9(10)6-8/h8-10H,1-7H2,(H,19,20)/p-1. The number of alkyl halides is 4. The molecular formula is C13H17F4O4S-. The molecule has 0 saturated heterocycles. The molecule has 2 rings (SSSR count). The smallest absolute Gasteiger partial charge is 0.371 e. The average Bonchev–Trinajstić information content (AvgIpc) is 3.05. The minimum atomic E-state index is -5.12. The van der Waals surface area contributed by atoms with Gasteiger partial charge in [0, 0.05) is 17.5 Å². The van der Waals surface area contributed by atoms with Gasteiger partial charge in [0.15, 0.2) is 0 Å². The van der Waals surface area contributed by atoms with Crippen molar-refractivity contribution in [3.05, 3.63) is 0 Å². The van der Waals surface area contributed by atoms with Gasteiger partial charge in [0.2, 0.25) is 0 Å². The van der Waals surface area contributed by atoms with Crippen LogP contribution in [-0.4, -0.2) is 32.5 Å². The first-order valence-electron chi connectivity index (χ1n) is 7.17. The third kappa shape index (κ3) is 3.45. The number of rotatable bonds is 7. The third-order valence-electron chi connectivity index (χ3n) is 4.56. The highest BCUT2D eigenvalue weighted by molar-refractivity contribution is 7.80. The number of carbonyl (C=O) groups excluding carboxylic acids is 1. The Labute approximate surface area is 127 Å². The van der Waals surface area contributed by atoms with Gasteiger partial charge in [0.05, 0.1) is 12.5 Å². The van der Waals surface area contributed by atoms with E-state index in [1.165, 1.54) is 0 Å². The lowest BCUT2D eigenvalue weighted by molar-refractivity contribution is -0.166. The number of fused-ring (bicyclic) bond motifs is 2. The van der Waals surface area contributed by atoms with E-state index in [-0.39, 0.29) is 11.8 Å². The van der Waals surface area contributed by atoms with Crippen molar-refractivity contribution in [2.24, 2.45) is 17.8 Å². The lowest BCUT2D eigenvalue weighted by Crippen LogP contribution is -2.44. The Morgan fingerprint density at radius 2 is 1.91 bits per heavy atom. The van der Waals surface area contributed by atoms with E-state index in [1.807, 2.05) is 0 Å². The van der Waals surface area contributed by atoms with Crippen LogP contribution in [0.25, 0.3) is 0 Å². The van der Waals surface area contributed by atoms with Gasteiger partial charge in [-0.25, -0.2) is 0 Å². The van der Waals surface area contributed by atoms with Crippen molar-refractivity contribution in [2.45, 2.75) is 49.7 Å². The Kier molecular flexibility index (Phi) is 5.16. The van der Waals surface area contributed by atoms with Crippen LogP contribution in [0.3, 0.4) is 0 Å². The van der Waals surface area contributed by atoms with Crippen LogP contribution >= 0.6 is 0 Å². The van der Waals surface area contributed by atoms with E-state index < -0.39 is 47.7 Å². The van der Waals surface area contributed by atoms with E-state index in [0.29, 0.717) is 5.92 Å². The van der Waals surface area contributed by atoms with Gasteiger partial charge in [0.25, 0.3) is 0 Å². The monoisotopic (exact) mass is 345 g/mol. The van der Waals surface area contributed by atoms with Gasteiger partial charge in [-0.1, -0.05) is 6.42 Å². The minimum absolute atomic E-state index is 0.213. The number of hydrogen-bond donors (Lipinski definition) is 0. The van der Waals surface area contributed by atoms with Gasteiger partial charge >= 0.3 is 17.1 Å². The van der Waals surface area contributed by atoms with Crippen molar-refractivity contribution in [1.29, 1.82) is 0 Å². The third-order valence-corrected chi connectivity index (χ3v) is 5.27. The first-order valence-corrected chi connectivity index (χ1v) is 8.24. The molecule has 4 unspecified atom stereocenters. The molecule has 9 heteroatoms. The fourth-order valence-corrected chi connectivity index (χ4v) is 3.72. The van der Waals surface area contributed by atoms with Crippen LogP contribution in [0.5, 0.6) is 0 Å². The molecule has 0 radical (unpaired) electrons. The van der Waals surface area contributed by atoms with Crippen LogP contribution in [0.15, 0.2) is 0 Å². The summed E-state index contributed by atoms with van der Waals surface area (Å²) in [7, 11) is 0. The molecule has 22 heavy (non-hydrogen) atoms. The summed E-state index contributed by atoms with van der Waals surface area (Å²) in [6, 6.07) is 0. The van der Waals surface area contributed by atoms with E-state index in [4.69, 9.17) is 4.74 Å². The average molecular weight is 345 g/mol. The predicted molar refractivity (Wildman–Crippen MR) is 67.9 cm³/mol. The van der Waals surface area contributed by atoms with Gasteiger partial charge in [-0.05, 0) is 37.5 Å².